The highest BCUT2D eigenvalue weighted by molar-refractivity contribution is 5.87. The first-order chi connectivity index (χ1) is 9.88. The van der Waals surface area contributed by atoms with Crippen LogP contribution in [0.15, 0.2) is 0 Å². The minimum atomic E-state index is -1.27. The summed E-state index contributed by atoms with van der Waals surface area (Å²) in [5.41, 5.74) is 5.00. The van der Waals surface area contributed by atoms with Crippen LogP contribution < -0.4 is 11.1 Å². The highest BCUT2D eigenvalue weighted by Crippen LogP contribution is 2.28. The van der Waals surface area contributed by atoms with Crippen molar-refractivity contribution >= 4 is 17.9 Å². The molecule has 3 atom stereocenters. The molecular formula is C13H22N4O4. The zero-order valence-electron chi connectivity index (χ0n) is 12.1. The molecule has 0 aromatic rings. The molecule has 3 amide bonds. The van der Waals surface area contributed by atoms with Gasteiger partial charge < -0.3 is 21.1 Å². The third kappa shape index (κ3) is 3.63. The summed E-state index contributed by atoms with van der Waals surface area (Å²) < 4.78 is 0. The Bertz CT molecular complexity index is 442. The van der Waals surface area contributed by atoms with Crippen molar-refractivity contribution < 1.29 is 19.5 Å². The van der Waals surface area contributed by atoms with E-state index < -0.39 is 30.4 Å². The smallest absolute Gasteiger partial charge is 0.326 e. The first kappa shape index (κ1) is 15.6. The highest BCUT2D eigenvalue weighted by atomic mass is 16.4. The number of carboxylic acids is 1. The summed E-state index contributed by atoms with van der Waals surface area (Å²) in [6.45, 7) is 1.18. The number of amides is 3. The fourth-order valence-corrected chi connectivity index (χ4v) is 3.13. The van der Waals surface area contributed by atoms with Gasteiger partial charge in [-0.05, 0) is 26.3 Å². The van der Waals surface area contributed by atoms with Crippen LogP contribution in [-0.2, 0) is 9.59 Å². The molecule has 2 heterocycles. The Labute approximate surface area is 123 Å². The lowest BCUT2D eigenvalue weighted by atomic mass is 10.1. The Morgan fingerprint density at radius 2 is 1.95 bits per heavy atom. The van der Waals surface area contributed by atoms with Gasteiger partial charge in [-0.15, -0.1) is 0 Å². The van der Waals surface area contributed by atoms with Gasteiger partial charge in [-0.3, -0.25) is 9.69 Å². The average molecular weight is 298 g/mol. The van der Waals surface area contributed by atoms with Crippen LogP contribution in [0.2, 0.25) is 0 Å². The number of carbonyl (C=O) groups is 3. The molecule has 2 aliphatic heterocycles. The van der Waals surface area contributed by atoms with Crippen molar-refractivity contribution in [3.05, 3.63) is 0 Å². The standard InChI is InChI=1S/C13H22N4O4/c1-16-8-2-3-9(16)7-17(5-4-8)13(21)15-10(12(19)20)6-11(14)18/h8-10H,2-7H2,1H3,(H2,14,18)(H,15,21)(H,19,20)/t8?,9?,10-/m1/s1. The van der Waals surface area contributed by atoms with E-state index in [4.69, 9.17) is 10.8 Å². The molecule has 0 aliphatic carbocycles. The summed E-state index contributed by atoms with van der Waals surface area (Å²) in [6, 6.07) is -0.894. The predicted molar refractivity (Wildman–Crippen MR) is 74.5 cm³/mol. The van der Waals surface area contributed by atoms with Gasteiger partial charge in [0.15, 0.2) is 0 Å². The lowest BCUT2D eigenvalue weighted by Gasteiger charge is -2.27. The number of hydrogen-bond donors (Lipinski definition) is 3. The molecular weight excluding hydrogens is 276 g/mol. The number of nitrogens with zero attached hydrogens (tertiary/aromatic N) is 2. The van der Waals surface area contributed by atoms with Gasteiger partial charge in [-0.1, -0.05) is 0 Å². The summed E-state index contributed by atoms with van der Waals surface area (Å²) in [5, 5.41) is 11.4. The van der Waals surface area contributed by atoms with Gasteiger partial charge in [0.05, 0.1) is 6.42 Å². The van der Waals surface area contributed by atoms with Crippen molar-refractivity contribution in [1.82, 2.24) is 15.1 Å². The van der Waals surface area contributed by atoms with Crippen LogP contribution in [0.1, 0.15) is 25.7 Å². The first-order valence-electron chi connectivity index (χ1n) is 7.17. The van der Waals surface area contributed by atoms with Gasteiger partial charge in [0.1, 0.15) is 6.04 Å². The Morgan fingerprint density at radius 3 is 2.57 bits per heavy atom. The maximum absolute atomic E-state index is 12.2. The van der Waals surface area contributed by atoms with Crippen molar-refractivity contribution in [2.45, 2.75) is 43.8 Å². The molecule has 0 spiro atoms. The van der Waals surface area contributed by atoms with Crippen molar-refractivity contribution in [3.8, 4) is 0 Å². The van der Waals surface area contributed by atoms with E-state index in [1.807, 2.05) is 0 Å². The summed E-state index contributed by atoms with van der Waals surface area (Å²) in [6.07, 6.45) is 2.68. The Balaban J connectivity index is 1.96. The lowest BCUT2D eigenvalue weighted by molar-refractivity contribution is -0.140. The molecule has 118 valence electrons. The second-order valence-corrected chi connectivity index (χ2v) is 5.80. The fraction of sp³-hybridized carbons (Fsp3) is 0.769. The largest absolute Gasteiger partial charge is 0.480 e. The fourth-order valence-electron chi connectivity index (χ4n) is 3.13. The molecule has 8 nitrogen and oxygen atoms in total. The number of hydrogen-bond acceptors (Lipinski definition) is 4. The third-order valence-electron chi connectivity index (χ3n) is 4.44. The van der Waals surface area contributed by atoms with Gasteiger partial charge in [0, 0.05) is 25.2 Å². The topological polar surface area (TPSA) is 116 Å². The van der Waals surface area contributed by atoms with E-state index in [0.29, 0.717) is 25.2 Å². The maximum Gasteiger partial charge on any atom is 0.326 e. The highest BCUT2D eigenvalue weighted by Gasteiger charge is 2.36. The number of carboxylic acid groups (broad SMARTS) is 1. The van der Waals surface area contributed by atoms with Crippen LogP contribution in [0.4, 0.5) is 4.79 Å². The predicted octanol–water partition coefficient (Wildman–Crippen LogP) is -0.807. The van der Waals surface area contributed by atoms with Crippen molar-refractivity contribution in [3.63, 3.8) is 0 Å². The second-order valence-electron chi connectivity index (χ2n) is 5.80. The van der Waals surface area contributed by atoms with Gasteiger partial charge in [-0.2, -0.15) is 0 Å². The minimum absolute atomic E-state index is 0.322. The molecule has 8 heteroatoms. The minimum Gasteiger partial charge on any atom is -0.480 e. The van der Waals surface area contributed by atoms with Crippen molar-refractivity contribution in [2.24, 2.45) is 5.73 Å². The van der Waals surface area contributed by atoms with Crippen molar-refractivity contribution in [2.75, 3.05) is 20.1 Å². The number of aliphatic carboxylic acids is 1. The summed E-state index contributed by atoms with van der Waals surface area (Å²) in [7, 11) is 2.07. The van der Waals surface area contributed by atoms with E-state index in [1.165, 1.54) is 0 Å². The number of urea groups is 1. The Morgan fingerprint density at radius 1 is 1.29 bits per heavy atom. The summed E-state index contributed by atoms with van der Waals surface area (Å²) >= 11 is 0. The van der Waals surface area contributed by atoms with Crippen molar-refractivity contribution in [1.29, 1.82) is 0 Å². The zero-order chi connectivity index (χ0) is 15.6. The quantitative estimate of drug-likeness (QED) is 0.628. The molecule has 0 radical (unpaired) electrons. The Kier molecular flexibility index (Phi) is 4.66. The number of fused-ring (bicyclic) bond motifs is 2. The number of nitrogens with one attached hydrogen (secondary N) is 1. The van der Waals surface area contributed by atoms with Gasteiger partial charge in [-0.25, -0.2) is 9.59 Å². The molecule has 0 saturated carbocycles. The summed E-state index contributed by atoms with van der Waals surface area (Å²) in [4.78, 5) is 38.1. The SMILES string of the molecule is CN1C2CCC1CN(C(=O)N[C@H](CC(N)=O)C(=O)O)CC2. The molecule has 2 saturated heterocycles. The van der Waals surface area contributed by atoms with E-state index >= 15 is 0 Å². The van der Waals surface area contributed by atoms with E-state index in [2.05, 4.69) is 17.3 Å². The monoisotopic (exact) mass is 298 g/mol. The first-order valence-corrected chi connectivity index (χ1v) is 7.17. The normalized spacial score (nSPS) is 27.0. The molecule has 2 aliphatic rings. The van der Waals surface area contributed by atoms with E-state index in [-0.39, 0.29) is 0 Å². The van der Waals surface area contributed by atoms with E-state index in [0.717, 1.165) is 19.3 Å². The molecule has 2 fully saturated rings. The van der Waals surface area contributed by atoms with Gasteiger partial charge in [0.25, 0.3) is 0 Å². The molecule has 2 rings (SSSR count). The summed E-state index contributed by atoms with van der Waals surface area (Å²) in [5.74, 6) is -2.01. The number of likely N-dealkylation sites (tertiary alicyclic amines) is 1. The third-order valence-corrected chi connectivity index (χ3v) is 4.44. The zero-order valence-corrected chi connectivity index (χ0v) is 12.1. The van der Waals surface area contributed by atoms with Crippen LogP contribution in [-0.4, -0.2) is 71.1 Å². The number of nitrogens with two attached hydrogens (primary N) is 1. The molecule has 0 aromatic carbocycles. The van der Waals surface area contributed by atoms with E-state index in [9.17, 15) is 14.4 Å². The Hall–Kier alpha value is -1.83. The van der Waals surface area contributed by atoms with Crippen LogP contribution in [0.5, 0.6) is 0 Å². The molecule has 2 bridgehead atoms. The average Bonchev–Trinajstić information content (AvgIpc) is 2.61. The molecule has 0 aromatic heterocycles. The molecule has 21 heavy (non-hydrogen) atoms. The van der Waals surface area contributed by atoms with Crippen LogP contribution in [0.25, 0.3) is 0 Å². The van der Waals surface area contributed by atoms with Gasteiger partial charge >= 0.3 is 12.0 Å². The van der Waals surface area contributed by atoms with Crippen LogP contribution >= 0.6 is 0 Å². The van der Waals surface area contributed by atoms with Crippen LogP contribution in [0.3, 0.4) is 0 Å². The molecule has 2 unspecified atom stereocenters. The number of primary amides is 1. The number of rotatable bonds is 4. The second kappa shape index (κ2) is 6.30. The number of carbonyl (C=O) groups excluding carboxylic acids is 2. The maximum atomic E-state index is 12.2. The lowest BCUT2D eigenvalue weighted by Crippen LogP contribution is -2.51. The van der Waals surface area contributed by atoms with Gasteiger partial charge in [0.2, 0.25) is 5.91 Å². The molecule has 4 N–H and O–H groups in total. The van der Waals surface area contributed by atoms with E-state index in [1.54, 1.807) is 4.90 Å². The number of likely N-dealkylation sites (N-methyl/N-ethyl adjacent to an activating group) is 1. The van der Waals surface area contributed by atoms with Crippen LogP contribution in [0, 0.1) is 0 Å².